The highest BCUT2D eigenvalue weighted by atomic mass is 35.5. The molecule has 0 radical (unpaired) electrons. The molecule has 0 N–H and O–H groups in total. The number of likely N-dealkylation sites (tertiary alicyclic amines) is 2. The fourth-order valence-corrected chi connectivity index (χ4v) is 4.85. The Hall–Kier alpha value is -2.24. The van der Waals surface area contributed by atoms with E-state index in [1.165, 1.54) is 5.56 Å². The van der Waals surface area contributed by atoms with Crippen molar-refractivity contribution < 1.29 is 14.3 Å². The Bertz CT molecular complexity index is 815. The number of carbonyl (C=O) groups is 1. The quantitative estimate of drug-likeness (QED) is 0.622. The van der Waals surface area contributed by atoms with Crippen LogP contribution in [0.4, 0.5) is 0 Å². The molecule has 2 aromatic carbocycles. The van der Waals surface area contributed by atoms with E-state index in [2.05, 4.69) is 29.0 Å². The van der Waals surface area contributed by atoms with E-state index >= 15 is 0 Å². The van der Waals surface area contributed by atoms with Crippen LogP contribution in [0, 0.1) is 11.8 Å². The number of amides is 1. The standard InChI is InChI=1S/C24H30N2O3.ClH/c1-25-15-19-16-26(23(27)9-6-14-29-21-7-4-3-5-8-21)17-22(19)24(25)18-10-12-20(28-2)13-11-18;/h3-5,7-8,10-13,19,22,24H,6,9,14-17H2,1-2H3;1H/t19-,22+,24-;/m0./s1. The Morgan fingerprint density at radius 1 is 1.00 bits per heavy atom. The van der Waals surface area contributed by atoms with Crippen LogP contribution in [0.15, 0.2) is 54.6 Å². The molecule has 30 heavy (non-hydrogen) atoms. The molecule has 0 unspecified atom stereocenters. The number of rotatable bonds is 7. The van der Waals surface area contributed by atoms with Crippen LogP contribution >= 0.6 is 12.4 Å². The molecule has 2 fully saturated rings. The lowest BCUT2D eigenvalue weighted by molar-refractivity contribution is -0.130. The Morgan fingerprint density at radius 3 is 2.43 bits per heavy atom. The number of ether oxygens (including phenoxy) is 2. The third-order valence-corrected chi connectivity index (χ3v) is 6.25. The van der Waals surface area contributed by atoms with Gasteiger partial charge in [0.15, 0.2) is 0 Å². The third-order valence-electron chi connectivity index (χ3n) is 6.25. The van der Waals surface area contributed by atoms with Crippen LogP contribution in [-0.4, -0.2) is 56.1 Å². The highest BCUT2D eigenvalue weighted by Crippen LogP contribution is 2.44. The van der Waals surface area contributed by atoms with Crippen LogP contribution in [0.2, 0.25) is 0 Å². The van der Waals surface area contributed by atoms with E-state index in [-0.39, 0.29) is 18.3 Å². The molecular weight excluding hydrogens is 400 g/mol. The molecule has 4 rings (SSSR count). The zero-order valence-corrected chi connectivity index (χ0v) is 18.5. The normalized spacial score (nSPS) is 23.0. The van der Waals surface area contributed by atoms with Crippen LogP contribution in [0.1, 0.15) is 24.4 Å². The van der Waals surface area contributed by atoms with Gasteiger partial charge in [-0.2, -0.15) is 0 Å². The van der Waals surface area contributed by atoms with Crippen LogP contribution in [-0.2, 0) is 4.79 Å². The average molecular weight is 431 g/mol. The molecule has 0 aliphatic carbocycles. The largest absolute Gasteiger partial charge is 0.497 e. The third kappa shape index (κ3) is 4.90. The topological polar surface area (TPSA) is 42.0 Å². The van der Waals surface area contributed by atoms with E-state index in [4.69, 9.17) is 9.47 Å². The second-order valence-corrected chi connectivity index (χ2v) is 8.15. The molecule has 3 atom stereocenters. The van der Waals surface area contributed by atoms with Gasteiger partial charge in [-0.15, -0.1) is 12.4 Å². The lowest BCUT2D eigenvalue weighted by Crippen LogP contribution is -2.33. The van der Waals surface area contributed by atoms with Gasteiger partial charge in [-0.25, -0.2) is 0 Å². The smallest absolute Gasteiger partial charge is 0.222 e. The summed E-state index contributed by atoms with van der Waals surface area (Å²) in [5.74, 6) is 3.05. The summed E-state index contributed by atoms with van der Waals surface area (Å²) >= 11 is 0. The zero-order valence-electron chi connectivity index (χ0n) is 17.7. The number of halogens is 1. The molecule has 2 aliphatic rings. The number of fused-ring (bicyclic) bond motifs is 1. The van der Waals surface area contributed by atoms with E-state index in [1.807, 2.05) is 42.5 Å². The van der Waals surface area contributed by atoms with Crippen LogP contribution in [0.5, 0.6) is 11.5 Å². The maximum atomic E-state index is 12.7. The van der Waals surface area contributed by atoms with Gasteiger partial charge in [-0.1, -0.05) is 30.3 Å². The van der Waals surface area contributed by atoms with Crippen molar-refractivity contribution in [1.29, 1.82) is 0 Å². The van der Waals surface area contributed by atoms with Crippen molar-refractivity contribution in [2.75, 3.05) is 40.4 Å². The summed E-state index contributed by atoms with van der Waals surface area (Å²) in [6.45, 7) is 3.35. The minimum absolute atomic E-state index is 0. The van der Waals surface area contributed by atoms with Gasteiger partial charge in [0.1, 0.15) is 11.5 Å². The lowest BCUT2D eigenvalue weighted by atomic mass is 9.89. The molecule has 1 amide bonds. The first-order chi connectivity index (χ1) is 14.2. The Labute approximate surface area is 185 Å². The maximum Gasteiger partial charge on any atom is 0.222 e. The van der Waals surface area contributed by atoms with Crippen LogP contribution in [0.25, 0.3) is 0 Å². The number of methoxy groups -OCH3 is 1. The summed E-state index contributed by atoms with van der Waals surface area (Å²) in [5.41, 5.74) is 1.31. The zero-order chi connectivity index (χ0) is 20.2. The highest BCUT2D eigenvalue weighted by Gasteiger charge is 2.47. The number of hydrogen-bond donors (Lipinski definition) is 0. The minimum Gasteiger partial charge on any atom is -0.497 e. The summed E-state index contributed by atoms with van der Waals surface area (Å²) in [6, 6.07) is 18.5. The second-order valence-electron chi connectivity index (χ2n) is 8.15. The predicted molar refractivity (Wildman–Crippen MR) is 120 cm³/mol. The molecule has 2 heterocycles. The molecule has 0 spiro atoms. The molecule has 0 aromatic heterocycles. The fraction of sp³-hybridized carbons (Fsp3) is 0.458. The average Bonchev–Trinajstić information content (AvgIpc) is 3.28. The molecule has 2 aliphatic heterocycles. The van der Waals surface area contributed by atoms with Gasteiger partial charge in [0, 0.05) is 38.0 Å². The first-order valence-electron chi connectivity index (χ1n) is 10.5. The molecule has 2 aromatic rings. The fourth-order valence-electron chi connectivity index (χ4n) is 4.85. The SMILES string of the molecule is COc1ccc([C@H]2[C@@H]3CN(C(=O)CCCOc4ccccc4)C[C@@H]3CN2C)cc1.Cl. The summed E-state index contributed by atoms with van der Waals surface area (Å²) < 4.78 is 11.0. The molecule has 2 saturated heterocycles. The van der Waals surface area contributed by atoms with Gasteiger partial charge in [0.05, 0.1) is 13.7 Å². The number of para-hydroxylation sites is 1. The van der Waals surface area contributed by atoms with E-state index in [0.29, 0.717) is 30.9 Å². The van der Waals surface area contributed by atoms with Gasteiger partial charge < -0.3 is 14.4 Å². The Balaban J connectivity index is 0.00000256. The number of benzene rings is 2. The summed E-state index contributed by atoms with van der Waals surface area (Å²) in [5, 5.41) is 0. The van der Waals surface area contributed by atoms with E-state index in [0.717, 1.165) is 37.6 Å². The van der Waals surface area contributed by atoms with E-state index < -0.39 is 0 Å². The number of nitrogens with zero attached hydrogens (tertiary/aromatic N) is 2. The minimum atomic E-state index is 0. The molecular formula is C24H31ClN2O3. The van der Waals surface area contributed by atoms with Crippen molar-refractivity contribution >= 4 is 18.3 Å². The first kappa shape index (κ1) is 22.4. The Kier molecular flexibility index (Phi) is 7.62. The van der Waals surface area contributed by atoms with Crippen molar-refractivity contribution in [2.45, 2.75) is 18.9 Å². The van der Waals surface area contributed by atoms with Gasteiger partial charge in [0.25, 0.3) is 0 Å². The van der Waals surface area contributed by atoms with Gasteiger partial charge >= 0.3 is 0 Å². The van der Waals surface area contributed by atoms with Crippen molar-refractivity contribution in [3.05, 3.63) is 60.2 Å². The van der Waals surface area contributed by atoms with Gasteiger partial charge in [0.2, 0.25) is 5.91 Å². The summed E-state index contributed by atoms with van der Waals surface area (Å²) in [4.78, 5) is 17.2. The predicted octanol–water partition coefficient (Wildman–Crippen LogP) is 4.04. The lowest BCUT2D eigenvalue weighted by Gasteiger charge is -2.27. The summed E-state index contributed by atoms with van der Waals surface area (Å²) in [6.07, 6.45) is 1.30. The highest BCUT2D eigenvalue weighted by molar-refractivity contribution is 5.85. The van der Waals surface area contributed by atoms with Gasteiger partial charge in [-0.3, -0.25) is 9.69 Å². The molecule has 6 heteroatoms. The second kappa shape index (κ2) is 10.2. The van der Waals surface area contributed by atoms with Gasteiger partial charge in [-0.05, 0) is 49.2 Å². The number of hydrogen-bond acceptors (Lipinski definition) is 4. The van der Waals surface area contributed by atoms with Crippen molar-refractivity contribution in [3.63, 3.8) is 0 Å². The molecule has 0 bridgehead atoms. The monoisotopic (exact) mass is 430 g/mol. The summed E-state index contributed by atoms with van der Waals surface area (Å²) in [7, 11) is 3.89. The van der Waals surface area contributed by atoms with Crippen LogP contribution in [0.3, 0.4) is 0 Å². The van der Waals surface area contributed by atoms with Crippen molar-refractivity contribution in [1.82, 2.24) is 9.80 Å². The first-order valence-corrected chi connectivity index (χ1v) is 10.5. The van der Waals surface area contributed by atoms with Crippen molar-refractivity contribution in [3.8, 4) is 11.5 Å². The van der Waals surface area contributed by atoms with E-state index in [1.54, 1.807) is 7.11 Å². The molecule has 0 saturated carbocycles. The van der Waals surface area contributed by atoms with E-state index in [9.17, 15) is 4.79 Å². The van der Waals surface area contributed by atoms with Crippen LogP contribution < -0.4 is 9.47 Å². The molecule has 5 nitrogen and oxygen atoms in total. The molecule has 162 valence electrons. The van der Waals surface area contributed by atoms with Crippen molar-refractivity contribution in [2.24, 2.45) is 11.8 Å². The Morgan fingerprint density at radius 2 is 1.73 bits per heavy atom. The maximum absolute atomic E-state index is 12.7. The number of carbonyl (C=O) groups excluding carboxylic acids is 1.